The molecule has 0 aliphatic carbocycles. The quantitative estimate of drug-likeness (QED) is 0.642. The van der Waals surface area contributed by atoms with Crippen LogP contribution in [0.2, 0.25) is 0 Å². The third-order valence-electron chi connectivity index (χ3n) is 2.87. The summed E-state index contributed by atoms with van der Waals surface area (Å²) in [5, 5.41) is 0. The summed E-state index contributed by atoms with van der Waals surface area (Å²) in [6.07, 6.45) is 1.04. The van der Waals surface area contributed by atoms with Crippen molar-refractivity contribution in [3.05, 3.63) is 65.5 Å². The maximum atomic E-state index is 13.5. The Bertz CT molecular complexity index is 808. The molecule has 2 rings (SSSR count). The van der Waals surface area contributed by atoms with Crippen LogP contribution in [0.5, 0.6) is 0 Å². The second kappa shape index (κ2) is 5.57. The van der Waals surface area contributed by atoms with Gasteiger partial charge in [-0.05, 0) is 36.4 Å². The van der Waals surface area contributed by atoms with Gasteiger partial charge in [-0.3, -0.25) is 9.59 Å². The molecule has 0 fully saturated rings. The number of carbonyl (C=O) groups is 2. The van der Waals surface area contributed by atoms with E-state index in [-0.39, 0.29) is 16.0 Å². The fourth-order valence-corrected chi connectivity index (χ4v) is 2.38. The van der Waals surface area contributed by atoms with Crippen LogP contribution < -0.4 is 0 Å². The lowest BCUT2D eigenvalue weighted by Crippen LogP contribution is -2.16. The minimum absolute atomic E-state index is 0.00986. The largest absolute Gasteiger partial charge is 0.285 e. The van der Waals surface area contributed by atoms with Crippen molar-refractivity contribution in [1.82, 2.24) is 0 Å². The first-order chi connectivity index (χ1) is 9.80. The Kier molecular flexibility index (Phi) is 3.99. The molecule has 0 unspecified atom stereocenters. The first-order valence-electron chi connectivity index (χ1n) is 5.94. The van der Waals surface area contributed by atoms with Crippen LogP contribution in [0.4, 0.5) is 4.39 Å². The fraction of sp³-hybridized carbons (Fsp3) is 0.0667. The minimum atomic E-state index is -3.38. The fourth-order valence-electron chi connectivity index (χ4n) is 1.75. The van der Waals surface area contributed by atoms with Crippen molar-refractivity contribution >= 4 is 21.4 Å². The van der Waals surface area contributed by atoms with E-state index in [0.717, 1.165) is 12.3 Å². The molecule has 0 heterocycles. The number of halogens is 1. The van der Waals surface area contributed by atoms with Gasteiger partial charge in [0.2, 0.25) is 11.6 Å². The molecule has 0 N–H and O–H groups in total. The number of sulfone groups is 1. The molecule has 2 aromatic carbocycles. The number of benzene rings is 2. The van der Waals surface area contributed by atoms with Gasteiger partial charge in [-0.1, -0.05) is 12.1 Å². The zero-order chi connectivity index (χ0) is 15.6. The summed E-state index contributed by atoms with van der Waals surface area (Å²) in [4.78, 5) is 24.0. The molecule has 0 aromatic heterocycles. The Morgan fingerprint density at radius 3 is 2.00 bits per heavy atom. The Morgan fingerprint density at radius 1 is 0.905 bits per heavy atom. The second-order valence-electron chi connectivity index (χ2n) is 4.43. The monoisotopic (exact) mass is 306 g/mol. The molecule has 0 saturated carbocycles. The number of carbonyl (C=O) groups excluding carboxylic acids is 2. The van der Waals surface area contributed by atoms with E-state index in [1.807, 2.05) is 0 Å². The van der Waals surface area contributed by atoms with Crippen molar-refractivity contribution in [3.8, 4) is 0 Å². The lowest BCUT2D eigenvalue weighted by molar-refractivity contribution is 0.0814. The summed E-state index contributed by atoms with van der Waals surface area (Å²) < 4.78 is 36.1. The molecular formula is C15H11FO4S. The van der Waals surface area contributed by atoms with Crippen LogP contribution in [-0.2, 0) is 9.84 Å². The van der Waals surface area contributed by atoms with Crippen LogP contribution in [0.15, 0.2) is 53.4 Å². The van der Waals surface area contributed by atoms with Crippen molar-refractivity contribution in [1.29, 1.82) is 0 Å². The molecule has 108 valence electrons. The minimum Gasteiger partial charge on any atom is -0.285 e. The summed E-state index contributed by atoms with van der Waals surface area (Å²) in [7, 11) is -3.38. The van der Waals surface area contributed by atoms with Crippen LogP contribution in [0.3, 0.4) is 0 Å². The zero-order valence-corrected chi connectivity index (χ0v) is 11.9. The van der Waals surface area contributed by atoms with Crippen molar-refractivity contribution in [3.63, 3.8) is 0 Å². The van der Waals surface area contributed by atoms with Gasteiger partial charge in [0.25, 0.3) is 0 Å². The smallest absolute Gasteiger partial charge is 0.236 e. The topological polar surface area (TPSA) is 68.3 Å². The van der Waals surface area contributed by atoms with E-state index in [4.69, 9.17) is 0 Å². The summed E-state index contributed by atoms with van der Waals surface area (Å²) in [5.41, 5.74) is -0.301. The zero-order valence-electron chi connectivity index (χ0n) is 11.0. The van der Waals surface area contributed by atoms with Gasteiger partial charge >= 0.3 is 0 Å². The Morgan fingerprint density at radius 2 is 1.48 bits per heavy atom. The maximum Gasteiger partial charge on any atom is 0.236 e. The van der Waals surface area contributed by atoms with Gasteiger partial charge in [0.1, 0.15) is 5.82 Å². The molecule has 0 radical (unpaired) electrons. The van der Waals surface area contributed by atoms with Gasteiger partial charge < -0.3 is 0 Å². The molecule has 0 aliphatic heterocycles. The highest BCUT2D eigenvalue weighted by Gasteiger charge is 2.21. The predicted molar refractivity (Wildman–Crippen MR) is 74.6 cm³/mol. The lowest BCUT2D eigenvalue weighted by Gasteiger charge is -2.03. The van der Waals surface area contributed by atoms with Crippen LogP contribution in [0.25, 0.3) is 0 Å². The summed E-state index contributed by atoms with van der Waals surface area (Å²) >= 11 is 0. The number of hydrogen-bond donors (Lipinski definition) is 0. The van der Waals surface area contributed by atoms with E-state index in [1.54, 1.807) is 0 Å². The van der Waals surface area contributed by atoms with E-state index >= 15 is 0 Å². The molecule has 4 nitrogen and oxygen atoms in total. The van der Waals surface area contributed by atoms with Crippen molar-refractivity contribution < 1.29 is 22.4 Å². The summed E-state index contributed by atoms with van der Waals surface area (Å²) in [6.45, 7) is 0. The molecule has 2 aromatic rings. The Labute approximate surface area is 121 Å². The van der Waals surface area contributed by atoms with Gasteiger partial charge in [-0.2, -0.15) is 0 Å². The predicted octanol–water partition coefficient (Wildman–Crippen LogP) is 2.29. The van der Waals surface area contributed by atoms with Crippen molar-refractivity contribution in [2.24, 2.45) is 0 Å². The first kappa shape index (κ1) is 15.1. The van der Waals surface area contributed by atoms with Crippen molar-refractivity contribution in [2.75, 3.05) is 6.26 Å². The normalized spacial score (nSPS) is 11.1. The third kappa shape index (κ3) is 3.22. The highest BCUT2D eigenvalue weighted by Crippen LogP contribution is 2.14. The average molecular weight is 306 g/mol. The van der Waals surface area contributed by atoms with E-state index < -0.39 is 27.2 Å². The average Bonchev–Trinajstić information content (AvgIpc) is 2.45. The highest BCUT2D eigenvalue weighted by molar-refractivity contribution is 7.90. The second-order valence-corrected chi connectivity index (χ2v) is 6.45. The number of rotatable bonds is 4. The standard InChI is InChI=1S/C15H11FO4S/c1-21(19,20)11-8-6-10(7-9-11)14(17)15(18)12-4-2-3-5-13(12)16/h2-9H,1H3. The number of Topliss-reactive ketones (excluding diaryl/α,β-unsaturated/α-hetero) is 2. The van der Waals surface area contributed by atoms with Crippen LogP contribution >= 0.6 is 0 Å². The Balaban J connectivity index is 2.33. The molecular weight excluding hydrogens is 295 g/mol. The molecule has 0 aliphatic rings. The molecule has 0 amide bonds. The third-order valence-corrected chi connectivity index (χ3v) is 4.00. The highest BCUT2D eigenvalue weighted by atomic mass is 32.2. The SMILES string of the molecule is CS(=O)(=O)c1ccc(C(=O)C(=O)c2ccccc2F)cc1. The summed E-state index contributed by atoms with van der Waals surface area (Å²) in [5.74, 6) is -2.64. The molecule has 0 saturated heterocycles. The van der Waals surface area contributed by atoms with Gasteiger partial charge in [0, 0.05) is 11.8 Å². The van der Waals surface area contributed by atoms with E-state index in [0.29, 0.717) is 0 Å². The molecule has 0 bridgehead atoms. The van der Waals surface area contributed by atoms with Gasteiger partial charge in [0.05, 0.1) is 10.5 Å². The number of ketones is 2. The lowest BCUT2D eigenvalue weighted by atomic mass is 10.0. The van der Waals surface area contributed by atoms with Crippen molar-refractivity contribution in [2.45, 2.75) is 4.90 Å². The van der Waals surface area contributed by atoms with E-state index in [9.17, 15) is 22.4 Å². The van der Waals surface area contributed by atoms with Crippen LogP contribution in [0, 0.1) is 5.82 Å². The Hall–Kier alpha value is -2.34. The first-order valence-corrected chi connectivity index (χ1v) is 7.83. The van der Waals surface area contributed by atoms with Gasteiger partial charge in [-0.25, -0.2) is 12.8 Å². The molecule has 21 heavy (non-hydrogen) atoms. The van der Waals surface area contributed by atoms with Gasteiger partial charge in [-0.15, -0.1) is 0 Å². The maximum absolute atomic E-state index is 13.5. The van der Waals surface area contributed by atoms with E-state index in [2.05, 4.69) is 0 Å². The summed E-state index contributed by atoms with van der Waals surface area (Å²) in [6, 6.07) is 10.1. The molecule has 6 heteroatoms. The van der Waals surface area contributed by atoms with Crippen LogP contribution in [0.1, 0.15) is 20.7 Å². The van der Waals surface area contributed by atoms with E-state index in [1.165, 1.54) is 42.5 Å². The van der Waals surface area contributed by atoms with Crippen LogP contribution in [-0.4, -0.2) is 26.2 Å². The molecule has 0 spiro atoms. The van der Waals surface area contributed by atoms with Gasteiger partial charge in [0.15, 0.2) is 9.84 Å². The number of hydrogen-bond acceptors (Lipinski definition) is 4. The molecule has 0 atom stereocenters.